The monoisotopic (exact) mass is 441 g/mol. The predicted molar refractivity (Wildman–Crippen MR) is 111 cm³/mol. The fraction of sp³-hybridized carbons (Fsp3) is 0.421. The van der Waals surface area contributed by atoms with E-state index in [4.69, 9.17) is 4.42 Å². The van der Waals surface area contributed by atoms with E-state index in [9.17, 15) is 0 Å². The zero-order valence-electron chi connectivity index (χ0n) is 14.5. The maximum atomic E-state index is 5.36. The molecule has 0 spiro atoms. The molecule has 0 unspecified atom stereocenters. The molecule has 4 nitrogen and oxygen atoms in total. The van der Waals surface area contributed by atoms with Gasteiger partial charge in [-0.3, -0.25) is 0 Å². The van der Waals surface area contributed by atoms with Crippen molar-refractivity contribution >= 4 is 29.9 Å². The van der Waals surface area contributed by atoms with Crippen LogP contribution in [0.3, 0.4) is 0 Å². The van der Waals surface area contributed by atoms with E-state index in [0.29, 0.717) is 12.5 Å². The number of rotatable bonds is 8. The second-order valence-corrected chi connectivity index (χ2v) is 6.02. The Morgan fingerprint density at radius 1 is 1.04 bits per heavy atom. The molecule has 0 fully saturated rings. The molecular weight excluding hydrogens is 413 g/mol. The minimum Gasteiger partial charge on any atom is -0.469 e. The van der Waals surface area contributed by atoms with Crippen LogP contribution in [0.15, 0.2) is 58.1 Å². The molecule has 0 radical (unpaired) electrons. The molecular formula is C19H28IN3O. The van der Waals surface area contributed by atoms with Gasteiger partial charge in [0.25, 0.3) is 0 Å². The van der Waals surface area contributed by atoms with Crippen molar-refractivity contribution in [1.29, 1.82) is 0 Å². The fourth-order valence-electron chi connectivity index (χ4n) is 2.17. The molecule has 0 saturated carbocycles. The van der Waals surface area contributed by atoms with E-state index in [1.807, 2.05) is 30.3 Å². The summed E-state index contributed by atoms with van der Waals surface area (Å²) in [5.41, 5.74) is 1.21. The zero-order valence-corrected chi connectivity index (χ0v) is 16.8. The summed E-state index contributed by atoms with van der Waals surface area (Å²) in [7, 11) is 0. The minimum atomic E-state index is 0. The first-order valence-electron chi connectivity index (χ1n) is 8.32. The molecule has 0 aliphatic rings. The molecule has 1 heterocycles. The summed E-state index contributed by atoms with van der Waals surface area (Å²) in [6.07, 6.45) is 3.69. The van der Waals surface area contributed by atoms with Crippen molar-refractivity contribution < 1.29 is 4.42 Å². The summed E-state index contributed by atoms with van der Waals surface area (Å²) in [5.74, 6) is 2.53. The van der Waals surface area contributed by atoms with Gasteiger partial charge in [-0.25, -0.2) is 4.99 Å². The van der Waals surface area contributed by atoms with E-state index in [-0.39, 0.29) is 24.0 Å². The number of nitrogens with zero attached hydrogens (tertiary/aromatic N) is 1. The summed E-state index contributed by atoms with van der Waals surface area (Å²) in [6, 6.07) is 14.2. The van der Waals surface area contributed by atoms with Gasteiger partial charge in [-0.1, -0.05) is 44.2 Å². The van der Waals surface area contributed by atoms with Gasteiger partial charge in [-0.15, -0.1) is 24.0 Å². The SMILES string of the molecule is CC(C)CCNC(=NCc1ccccc1)NCCc1ccco1.I. The Labute approximate surface area is 162 Å². The van der Waals surface area contributed by atoms with Crippen LogP contribution in [0, 0.1) is 5.92 Å². The Morgan fingerprint density at radius 3 is 2.46 bits per heavy atom. The maximum Gasteiger partial charge on any atom is 0.191 e. The minimum absolute atomic E-state index is 0. The molecule has 0 saturated heterocycles. The molecule has 132 valence electrons. The highest BCUT2D eigenvalue weighted by molar-refractivity contribution is 14.0. The smallest absolute Gasteiger partial charge is 0.191 e. The van der Waals surface area contributed by atoms with Crippen LogP contribution in [0.1, 0.15) is 31.6 Å². The van der Waals surface area contributed by atoms with Crippen molar-refractivity contribution in [3.63, 3.8) is 0 Å². The summed E-state index contributed by atoms with van der Waals surface area (Å²) in [4.78, 5) is 4.67. The Hall–Kier alpha value is -1.50. The fourth-order valence-corrected chi connectivity index (χ4v) is 2.17. The molecule has 2 rings (SSSR count). The van der Waals surface area contributed by atoms with E-state index in [1.165, 1.54) is 5.56 Å². The van der Waals surface area contributed by atoms with Gasteiger partial charge >= 0.3 is 0 Å². The molecule has 0 aliphatic carbocycles. The van der Waals surface area contributed by atoms with Gasteiger partial charge < -0.3 is 15.1 Å². The summed E-state index contributed by atoms with van der Waals surface area (Å²) >= 11 is 0. The topological polar surface area (TPSA) is 49.6 Å². The molecule has 1 aromatic heterocycles. The van der Waals surface area contributed by atoms with Crippen LogP contribution >= 0.6 is 24.0 Å². The van der Waals surface area contributed by atoms with Crippen molar-refractivity contribution in [2.75, 3.05) is 13.1 Å². The van der Waals surface area contributed by atoms with Crippen LogP contribution in [0.5, 0.6) is 0 Å². The van der Waals surface area contributed by atoms with Crippen LogP contribution in [-0.2, 0) is 13.0 Å². The number of hydrogen-bond acceptors (Lipinski definition) is 2. The lowest BCUT2D eigenvalue weighted by molar-refractivity contribution is 0.506. The van der Waals surface area contributed by atoms with Gasteiger partial charge in [0, 0.05) is 19.5 Å². The number of guanidine groups is 1. The lowest BCUT2D eigenvalue weighted by Gasteiger charge is -2.13. The third kappa shape index (κ3) is 8.38. The van der Waals surface area contributed by atoms with Gasteiger partial charge in [0.15, 0.2) is 5.96 Å². The van der Waals surface area contributed by atoms with E-state index >= 15 is 0 Å². The van der Waals surface area contributed by atoms with Crippen LogP contribution in [0.25, 0.3) is 0 Å². The molecule has 0 amide bonds. The van der Waals surface area contributed by atoms with Crippen LogP contribution in [-0.4, -0.2) is 19.0 Å². The highest BCUT2D eigenvalue weighted by Gasteiger charge is 2.01. The Kier molecular flexibility index (Phi) is 10.2. The van der Waals surface area contributed by atoms with Gasteiger partial charge in [-0.2, -0.15) is 0 Å². The number of benzene rings is 1. The molecule has 24 heavy (non-hydrogen) atoms. The molecule has 0 bridgehead atoms. The van der Waals surface area contributed by atoms with Crippen LogP contribution in [0.4, 0.5) is 0 Å². The first-order valence-corrected chi connectivity index (χ1v) is 8.32. The number of nitrogens with one attached hydrogen (secondary N) is 2. The first kappa shape index (κ1) is 20.5. The molecule has 1 aromatic carbocycles. The first-order chi connectivity index (χ1) is 11.2. The van der Waals surface area contributed by atoms with Gasteiger partial charge in [0.2, 0.25) is 0 Å². The molecule has 0 aliphatic heterocycles. The molecule has 0 atom stereocenters. The van der Waals surface area contributed by atoms with Gasteiger partial charge in [0.1, 0.15) is 5.76 Å². The lowest BCUT2D eigenvalue weighted by Crippen LogP contribution is -2.39. The average Bonchev–Trinajstić information content (AvgIpc) is 3.06. The Balaban J connectivity index is 0.00000288. The molecule has 2 aromatic rings. The number of halogens is 1. The standard InChI is InChI=1S/C19H27N3O.HI/c1-16(2)10-12-20-19(21-13-11-18-9-6-14-23-18)22-15-17-7-4-3-5-8-17;/h3-9,14,16H,10-13,15H2,1-2H3,(H2,20,21,22);1H. The third-order valence-electron chi connectivity index (χ3n) is 3.52. The zero-order chi connectivity index (χ0) is 16.3. The molecule has 5 heteroatoms. The largest absolute Gasteiger partial charge is 0.469 e. The van der Waals surface area contributed by atoms with Crippen molar-refractivity contribution in [2.45, 2.75) is 33.2 Å². The van der Waals surface area contributed by atoms with Gasteiger partial charge in [0.05, 0.1) is 12.8 Å². The Bertz CT molecular complexity index is 568. The van der Waals surface area contributed by atoms with Crippen LogP contribution in [0.2, 0.25) is 0 Å². The van der Waals surface area contributed by atoms with Crippen molar-refractivity contribution in [1.82, 2.24) is 10.6 Å². The second kappa shape index (κ2) is 11.9. The van der Waals surface area contributed by atoms with E-state index in [1.54, 1.807) is 6.26 Å². The number of aliphatic imine (C=N–C) groups is 1. The number of hydrogen-bond donors (Lipinski definition) is 2. The van der Waals surface area contributed by atoms with E-state index in [2.05, 4.69) is 41.6 Å². The highest BCUT2D eigenvalue weighted by Crippen LogP contribution is 2.02. The second-order valence-electron chi connectivity index (χ2n) is 6.02. The summed E-state index contributed by atoms with van der Waals surface area (Å²) in [6.45, 7) is 6.87. The van der Waals surface area contributed by atoms with Crippen molar-refractivity contribution in [3.8, 4) is 0 Å². The summed E-state index contributed by atoms with van der Waals surface area (Å²) < 4.78 is 5.36. The van der Waals surface area contributed by atoms with Crippen LogP contribution < -0.4 is 10.6 Å². The predicted octanol–water partition coefficient (Wildman–Crippen LogP) is 4.22. The van der Waals surface area contributed by atoms with Crippen molar-refractivity contribution in [2.24, 2.45) is 10.9 Å². The van der Waals surface area contributed by atoms with E-state index in [0.717, 1.165) is 37.7 Å². The van der Waals surface area contributed by atoms with Crippen molar-refractivity contribution in [3.05, 3.63) is 60.1 Å². The highest BCUT2D eigenvalue weighted by atomic mass is 127. The lowest BCUT2D eigenvalue weighted by atomic mass is 10.1. The average molecular weight is 441 g/mol. The Morgan fingerprint density at radius 2 is 1.79 bits per heavy atom. The number of furan rings is 1. The quantitative estimate of drug-likeness (QED) is 0.367. The molecule has 2 N–H and O–H groups in total. The maximum absolute atomic E-state index is 5.36. The normalized spacial score (nSPS) is 11.2. The summed E-state index contributed by atoms with van der Waals surface area (Å²) in [5, 5.41) is 6.79. The van der Waals surface area contributed by atoms with Gasteiger partial charge in [-0.05, 0) is 30.0 Å². The third-order valence-corrected chi connectivity index (χ3v) is 3.52. The van der Waals surface area contributed by atoms with E-state index < -0.39 is 0 Å².